The monoisotopic (exact) mass is 405 g/mol. The number of carbonyl (C=O) groups excluding carboxylic acids is 1. The van der Waals surface area contributed by atoms with Crippen LogP contribution in [0.4, 0.5) is 10.1 Å². The van der Waals surface area contributed by atoms with Crippen molar-refractivity contribution in [2.24, 2.45) is 0 Å². The van der Waals surface area contributed by atoms with Crippen LogP contribution in [0.5, 0.6) is 0 Å². The Kier molecular flexibility index (Phi) is 6.12. The van der Waals surface area contributed by atoms with Crippen LogP contribution in [-0.4, -0.2) is 55.8 Å². The van der Waals surface area contributed by atoms with Crippen molar-refractivity contribution in [2.45, 2.75) is 24.8 Å². The summed E-state index contributed by atoms with van der Waals surface area (Å²) in [6, 6.07) is 12.3. The van der Waals surface area contributed by atoms with Gasteiger partial charge in [-0.3, -0.25) is 9.69 Å². The molecule has 1 aliphatic heterocycles. The molecular weight excluding hydrogens is 381 g/mol. The molecule has 1 saturated heterocycles. The zero-order chi connectivity index (χ0) is 20.3. The summed E-state index contributed by atoms with van der Waals surface area (Å²) in [6.07, 6.45) is 0. The highest BCUT2D eigenvalue weighted by Gasteiger charge is 2.31. The standard InChI is InChI=1S/C20H24FN3O3S/c1-15-7-9-17(10-8-15)28(26,27)24-13-11-23(12-14-24)16(2)20(25)22-19-6-4-3-5-18(19)21/h3-10,16H,11-14H2,1-2H3,(H,22,25)/t16-/m0/s1. The Morgan fingerprint density at radius 3 is 2.25 bits per heavy atom. The Hall–Kier alpha value is -2.29. The van der Waals surface area contributed by atoms with Gasteiger partial charge in [-0.05, 0) is 38.1 Å². The number of para-hydroxylation sites is 1. The Morgan fingerprint density at radius 1 is 1.04 bits per heavy atom. The Balaban J connectivity index is 1.60. The lowest BCUT2D eigenvalue weighted by atomic mass is 10.2. The van der Waals surface area contributed by atoms with Gasteiger partial charge in [0.15, 0.2) is 0 Å². The van der Waals surface area contributed by atoms with E-state index in [9.17, 15) is 17.6 Å². The number of rotatable bonds is 5. The molecule has 0 bridgehead atoms. The molecule has 1 atom stereocenters. The molecule has 1 aliphatic rings. The molecule has 1 amide bonds. The van der Waals surface area contributed by atoms with Gasteiger partial charge < -0.3 is 5.32 Å². The number of nitrogens with one attached hydrogen (secondary N) is 1. The van der Waals surface area contributed by atoms with Crippen LogP contribution >= 0.6 is 0 Å². The van der Waals surface area contributed by atoms with Crippen molar-refractivity contribution in [1.29, 1.82) is 0 Å². The molecule has 0 radical (unpaired) electrons. The fourth-order valence-electron chi connectivity index (χ4n) is 3.16. The summed E-state index contributed by atoms with van der Waals surface area (Å²) < 4.78 is 40.7. The lowest BCUT2D eigenvalue weighted by Crippen LogP contribution is -2.53. The van der Waals surface area contributed by atoms with Gasteiger partial charge in [0.1, 0.15) is 5.82 Å². The highest BCUT2D eigenvalue weighted by Crippen LogP contribution is 2.20. The van der Waals surface area contributed by atoms with E-state index in [1.165, 1.54) is 16.4 Å². The number of anilines is 1. The Morgan fingerprint density at radius 2 is 1.64 bits per heavy atom. The zero-order valence-corrected chi connectivity index (χ0v) is 16.7. The van der Waals surface area contributed by atoms with E-state index in [-0.39, 0.29) is 16.5 Å². The van der Waals surface area contributed by atoms with E-state index in [1.54, 1.807) is 43.3 Å². The molecule has 150 valence electrons. The third-order valence-corrected chi connectivity index (χ3v) is 6.90. The Bertz CT molecular complexity index is 939. The minimum absolute atomic E-state index is 0.139. The second-order valence-electron chi connectivity index (χ2n) is 6.90. The number of hydrogen-bond acceptors (Lipinski definition) is 4. The van der Waals surface area contributed by atoms with E-state index in [0.29, 0.717) is 26.2 Å². The minimum atomic E-state index is -3.55. The van der Waals surface area contributed by atoms with Gasteiger partial charge in [-0.25, -0.2) is 12.8 Å². The van der Waals surface area contributed by atoms with Gasteiger partial charge >= 0.3 is 0 Å². The molecule has 28 heavy (non-hydrogen) atoms. The fraction of sp³-hybridized carbons (Fsp3) is 0.350. The van der Waals surface area contributed by atoms with Crippen molar-refractivity contribution < 1.29 is 17.6 Å². The van der Waals surface area contributed by atoms with Crippen LogP contribution in [0, 0.1) is 12.7 Å². The van der Waals surface area contributed by atoms with Crippen LogP contribution in [0.15, 0.2) is 53.4 Å². The van der Waals surface area contributed by atoms with Crippen molar-refractivity contribution in [3.05, 3.63) is 59.9 Å². The van der Waals surface area contributed by atoms with Crippen molar-refractivity contribution in [3.63, 3.8) is 0 Å². The molecule has 0 spiro atoms. The number of sulfonamides is 1. The highest BCUT2D eigenvalue weighted by molar-refractivity contribution is 7.89. The molecular formula is C20H24FN3O3S. The number of aryl methyl sites for hydroxylation is 1. The van der Waals surface area contributed by atoms with E-state index in [2.05, 4.69) is 5.32 Å². The summed E-state index contributed by atoms with van der Waals surface area (Å²) >= 11 is 0. The molecule has 1 fully saturated rings. The van der Waals surface area contributed by atoms with Gasteiger partial charge in [0, 0.05) is 26.2 Å². The minimum Gasteiger partial charge on any atom is -0.322 e. The molecule has 0 unspecified atom stereocenters. The average Bonchev–Trinajstić information content (AvgIpc) is 2.69. The van der Waals surface area contributed by atoms with E-state index in [0.717, 1.165) is 5.56 Å². The summed E-state index contributed by atoms with van der Waals surface area (Å²) in [5.74, 6) is -0.808. The number of carbonyl (C=O) groups is 1. The number of nitrogens with zero attached hydrogens (tertiary/aromatic N) is 2. The van der Waals surface area contributed by atoms with Gasteiger partial charge in [-0.2, -0.15) is 4.31 Å². The lowest BCUT2D eigenvalue weighted by Gasteiger charge is -2.36. The predicted octanol–water partition coefficient (Wildman–Crippen LogP) is 2.47. The molecule has 1 heterocycles. The maximum Gasteiger partial charge on any atom is 0.243 e. The molecule has 2 aromatic rings. The van der Waals surface area contributed by atoms with E-state index in [1.807, 2.05) is 11.8 Å². The molecule has 6 nitrogen and oxygen atoms in total. The molecule has 3 rings (SSSR count). The van der Waals surface area contributed by atoms with Crippen molar-refractivity contribution >= 4 is 21.6 Å². The second-order valence-corrected chi connectivity index (χ2v) is 8.84. The van der Waals surface area contributed by atoms with Crippen LogP contribution in [0.1, 0.15) is 12.5 Å². The largest absolute Gasteiger partial charge is 0.322 e. The summed E-state index contributed by atoms with van der Waals surface area (Å²) in [6.45, 7) is 5.10. The van der Waals surface area contributed by atoms with Crippen molar-refractivity contribution in [2.75, 3.05) is 31.5 Å². The molecule has 0 saturated carbocycles. The average molecular weight is 405 g/mol. The second kappa shape index (κ2) is 8.38. The number of halogens is 1. The van der Waals surface area contributed by atoms with Crippen molar-refractivity contribution in [1.82, 2.24) is 9.21 Å². The molecule has 8 heteroatoms. The lowest BCUT2D eigenvalue weighted by molar-refractivity contribution is -0.121. The summed E-state index contributed by atoms with van der Waals surface area (Å²) in [7, 11) is -3.55. The number of amides is 1. The normalized spacial score (nSPS) is 17.2. The topological polar surface area (TPSA) is 69.7 Å². The van der Waals surface area contributed by atoms with Crippen LogP contribution < -0.4 is 5.32 Å². The summed E-state index contributed by atoms with van der Waals surface area (Å²) in [5, 5.41) is 2.59. The fourth-order valence-corrected chi connectivity index (χ4v) is 4.58. The SMILES string of the molecule is Cc1ccc(S(=O)(=O)N2CCN([C@@H](C)C(=O)Nc3ccccc3F)CC2)cc1. The van der Waals surface area contributed by atoms with Gasteiger partial charge in [0.05, 0.1) is 16.6 Å². The third kappa shape index (κ3) is 4.40. The molecule has 1 N–H and O–H groups in total. The summed E-state index contributed by atoms with van der Waals surface area (Å²) in [4.78, 5) is 14.6. The zero-order valence-electron chi connectivity index (χ0n) is 15.9. The first-order chi connectivity index (χ1) is 13.3. The third-order valence-electron chi connectivity index (χ3n) is 4.99. The van der Waals surface area contributed by atoms with Crippen molar-refractivity contribution in [3.8, 4) is 0 Å². The van der Waals surface area contributed by atoms with Crippen LogP contribution in [0.3, 0.4) is 0 Å². The first-order valence-corrected chi connectivity index (χ1v) is 10.6. The maximum atomic E-state index is 13.7. The number of hydrogen-bond donors (Lipinski definition) is 1. The maximum absolute atomic E-state index is 13.7. The quantitative estimate of drug-likeness (QED) is 0.830. The molecule has 0 aliphatic carbocycles. The van der Waals surface area contributed by atoms with Gasteiger partial charge in [-0.1, -0.05) is 29.8 Å². The number of piperazine rings is 1. The highest BCUT2D eigenvalue weighted by atomic mass is 32.2. The van der Waals surface area contributed by atoms with E-state index in [4.69, 9.17) is 0 Å². The van der Waals surface area contributed by atoms with Gasteiger partial charge in [-0.15, -0.1) is 0 Å². The molecule has 2 aromatic carbocycles. The van der Waals surface area contributed by atoms with Crippen LogP contribution in [0.2, 0.25) is 0 Å². The van der Waals surface area contributed by atoms with Crippen LogP contribution in [-0.2, 0) is 14.8 Å². The van der Waals surface area contributed by atoms with E-state index < -0.39 is 21.9 Å². The predicted molar refractivity (Wildman–Crippen MR) is 106 cm³/mol. The molecule has 0 aromatic heterocycles. The van der Waals surface area contributed by atoms with E-state index >= 15 is 0 Å². The first-order valence-electron chi connectivity index (χ1n) is 9.15. The Labute approximate surface area is 165 Å². The van der Waals surface area contributed by atoms with Crippen LogP contribution in [0.25, 0.3) is 0 Å². The summed E-state index contributed by atoms with van der Waals surface area (Å²) in [5.41, 5.74) is 1.14. The first kappa shape index (κ1) is 20.4. The number of benzene rings is 2. The van der Waals surface area contributed by atoms with Gasteiger partial charge in [0.2, 0.25) is 15.9 Å². The smallest absolute Gasteiger partial charge is 0.243 e. The van der Waals surface area contributed by atoms with Gasteiger partial charge in [0.25, 0.3) is 0 Å².